The molecule has 0 unspecified atom stereocenters. The summed E-state index contributed by atoms with van der Waals surface area (Å²) < 4.78 is 11.5. The lowest BCUT2D eigenvalue weighted by atomic mass is 9.73. The molecule has 2 aromatic rings. The number of nitrogens with zero attached hydrogens (tertiary/aromatic N) is 1. The molecular formula is C29H41N3O4. The molecule has 196 valence electrons. The van der Waals surface area contributed by atoms with E-state index in [1.807, 2.05) is 59.5 Å². The van der Waals surface area contributed by atoms with Gasteiger partial charge in [0.25, 0.3) is 0 Å². The SMILES string of the molecule is COCCCC[C@@](O)(c1ccccc1Oc1ccccc1)[C@@H]1CCCN(C(=O)N[C@H]2CCCNC2)C1. The first-order valence-corrected chi connectivity index (χ1v) is 13.4. The number of unbranched alkanes of at least 4 members (excludes halogenated alkanes) is 1. The van der Waals surface area contributed by atoms with Crippen LogP contribution in [0.15, 0.2) is 54.6 Å². The van der Waals surface area contributed by atoms with Gasteiger partial charge in [0.2, 0.25) is 0 Å². The number of carbonyl (C=O) groups is 1. The Morgan fingerprint density at radius 2 is 1.92 bits per heavy atom. The summed E-state index contributed by atoms with van der Waals surface area (Å²) in [5.41, 5.74) is -0.334. The van der Waals surface area contributed by atoms with E-state index in [0.717, 1.165) is 62.9 Å². The van der Waals surface area contributed by atoms with Crippen molar-refractivity contribution in [3.05, 3.63) is 60.2 Å². The minimum absolute atomic E-state index is 0.0241. The number of ether oxygens (including phenoxy) is 2. The molecule has 36 heavy (non-hydrogen) atoms. The van der Waals surface area contributed by atoms with Crippen LogP contribution in [-0.4, -0.2) is 62.0 Å². The number of para-hydroxylation sites is 2. The van der Waals surface area contributed by atoms with Crippen molar-refractivity contribution in [2.24, 2.45) is 5.92 Å². The minimum Gasteiger partial charge on any atom is -0.457 e. The van der Waals surface area contributed by atoms with Crippen LogP contribution in [0.1, 0.15) is 50.5 Å². The third-order valence-electron chi connectivity index (χ3n) is 7.49. The fourth-order valence-electron chi connectivity index (χ4n) is 5.52. The van der Waals surface area contributed by atoms with Crippen LogP contribution in [0.4, 0.5) is 4.79 Å². The van der Waals surface area contributed by atoms with E-state index in [1.165, 1.54) is 0 Å². The van der Waals surface area contributed by atoms with E-state index in [2.05, 4.69) is 10.6 Å². The molecule has 2 amide bonds. The van der Waals surface area contributed by atoms with Gasteiger partial charge in [0, 0.05) is 50.9 Å². The molecule has 3 N–H and O–H groups in total. The van der Waals surface area contributed by atoms with E-state index in [0.29, 0.717) is 31.9 Å². The van der Waals surface area contributed by atoms with E-state index in [4.69, 9.17) is 9.47 Å². The number of methoxy groups -OCH3 is 1. The van der Waals surface area contributed by atoms with Crippen LogP contribution in [0.5, 0.6) is 11.5 Å². The fourth-order valence-corrected chi connectivity index (χ4v) is 5.52. The van der Waals surface area contributed by atoms with Crippen molar-refractivity contribution in [2.75, 3.05) is 39.9 Å². The summed E-state index contributed by atoms with van der Waals surface area (Å²) in [7, 11) is 1.70. The van der Waals surface area contributed by atoms with Crippen LogP contribution in [0.2, 0.25) is 0 Å². The second-order valence-electron chi connectivity index (χ2n) is 10.1. The Kier molecular flexibility index (Phi) is 9.61. The number of carbonyl (C=O) groups excluding carboxylic acids is 1. The lowest BCUT2D eigenvalue weighted by molar-refractivity contribution is -0.0575. The van der Waals surface area contributed by atoms with E-state index < -0.39 is 5.60 Å². The Morgan fingerprint density at radius 1 is 1.11 bits per heavy atom. The molecule has 0 spiro atoms. The van der Waals surface area contributed by atoms with Gasteiger partial charge in [-0.1, -0.05) is 36.4 Å². The van der Waals surface area contributed by atoms with Gasteiger partial charge in [-0.05, 0) is 69.7 Å². The van der Waals surface area contributed by atoms with Gasteiger partial charge in [-0.3, -0.25) is 0 Å². The quantitative estimate of drug-likeness (QED) is 0.418. The van der Waals surface area contributed by atoms with Gasteiger partial charge in [0.15, 0.2) is 0 Å². The number of hydrogen-bond donors (Lipinski definition) is 3. The summed E-state index contributed by atoms with van der Waals surface area (Å²) in [6, 6.07) is 17.6. The fraction of sp³-hybridized carbons (Fsp3) is 0.552. The summed E-state index contributed by atoms with van der Waals surface area (Å²) in [6.45, 7) is 3.72. The highest BCUT2D eigenvalue weighted by Crippen LogP contribution is 2.44. The van der Waals surface area contributed by atoms with E-state index in [1.54, 1.807) is 7.11 Å². The lowest BCUT2D eigenvalue weighted by Gasteiger charge is -2.43. The maximum Gasteiger partial charge on any atom is 0.317 e. The van der Waals surface area contributed by atoms with Gasteiger partial charge in [-0.25, -0.2) is 4.79 Å². The molecular weight excluding hydrogens is 454 g/mol. The Bertz CT molecular complexity index is 951. The van der Waals surface area contributed by atoms with Gasteiger partial charge in [-0.15, -0.1) is 0 Å². The molecule has 3 atom stereocenters. The molecule has 2 fully saturated rings. The maximum atomic E-state index is 13.1. The average Bonchev–Trinajstić information content (AvgIpc) is 2.92. The first kappa shape index (κ1) is 26.5. The molecule has 0 radical (unpaired) electrons. The smallest absolute Gasteiger partial charge is 0.317 e. The molecule has 0 bridgehead atoms. The second kappa shape index (κ2) is 13.1. The van der Waals surface area contributed by atoms with Crippen LogP contribution in [0.3, 0.4) is 0 Å². The first-order chi connectivity index (χ1) is 17.6. The molecule has 2 aliphatic rings. The highest BCUT2D eigenvalue weighted by molar-refractivity contribution is 5.74. The highest BCUT2D eigenvalue weighted by atomic mass is 16.5. The molecule has 0 aliphatic carbocycles. The zero-order valence-corrected chi connectivity index (χ0v) is 21.5. The molecule has 7 heteroatoms. The van der Waals surface area contributed by atoms with Crippen LogP contribution >= 0.6 is 0 Å². The third kappa shape index (κ3) is 6.78. The topological polar surface area (TPSA) is 83.1 Å². The van der Waals surface area contributed by atoms with Crippen molar-refractivity contribution in [1.82, 2.24) is 15.5 Å². The van der Waals surface area contributed by atoms with E-state index in [-0.39, 0.29) is 18.0 Å². The average molecular weight is 496 g/mol. The standard InChI is InChI=1S/C29H41N3O4/c1-35-20-8-7-17-29(34,26-15-5-6-16-27(26)36-25-13-3-2-4-14-25)23-11-10-19-32(22-23)28(33)31-24-12-9-18-30-21-24/h2-6,13-16,23-24,30,34H,7-12,17-22H2,1H3,(H,31,33)/t23-,24+,29+/m1/s1. The summed E-state index contributed by atoms with van der Waals surface area (Å²) in [5, 5.41) is 19.0. The van der Waals surface area contributed by atoms with Crippen molar-refractivity contribution in [3.8, 4) is 11.5 Å². The van der Waals surface area contributed by atoms with Gasteiger partial charge in [-0.2, -0.15) is 0 Å². The van der Waals surface area contributed by atoms with E-state index in [9.17, 15) is 9.90 Å². The number of nitrogens with one attached hydrogen (secondary N) is 2. The largest absolute Gasteiger partial charge is 0.457 e. The molecule has 2 heterocycles. The molecule has 4 rings (SSSR count). The predicted molar refractivity (Wildman–Crippen MR) is 141 cm³/mol. The summed E-state index contributed by atoms with van der Waals surface area (Å²) >= 11 is 0. The Morgan fingerprint density at radius 3 is 2.69 bits per heavy atom. The number of aliphatic hydroxyl groups is 1. The molecule has 2 aromatic carbocycles. The lowest BCUT2D eigenvalue weighted by Crippen LogP contribution is -2.54. The summed E-state index contributed by atoms with van der Waals surface area (Å²) in [6.07, 6.45) is 6.07. The van der Waals surface area contributed by atoms with Crippen LogP contribution in [0, 0.1) is 5.92 Å². The number of likely N-dealkylation sites (tertiary alicyclic amines) is 1. The van der Waals surface area contributed by atoms with E-state index >= 15 is 0 Å². The number of amides is 2. The van der Waals surface area contributed by atoms with Gasteiger partial charge in [0.05, 0.1) is 5.60 Å². The molecule has 0 saturated carbocycles. The number of piperidine rings is 2. The molecule has 2 aliphatic heterocycles. The number of benzene rings is 2. The summed E-state index contributed by atoms with van der Waals surface area (Å²) in [4.78, 5) is 15.0. The molecule has 7 nitrogen and oxygen atoms in total. The zero-order chi connectivity index (χ0) is 25.2. The Labute approximate surface area is 215 Å². The minimum atomic E-state index is -1.12. The Balaban J connectivity index is 1.55. The van der Waals surface area contributed by atoms with Crippen molar-refractivity contribution in [1.29, 1.82) is 0 Å². The van der Waals surface area contributed by atoms with Crippen molar-refractivity contribution >= 4 is 6.03 Å². The second-order valence-corrected chi connectivity index (χ2v) is 10.1. The first-order valence-electron chi connectivity index (χ1n) is 13.4. The monoisotopic (exact) mass is 495 g/mol. The molecule has 2 saturated heterocycles. The normalized spacial score (nSPS) is 22.0. The predicted octanol–water partition coefficient (Wildman–Crippen LogP) is 4.66. The number of rotatable bonds is 10. The number of urea groups is 1. The van der Waals surface area contributed by atoms with Gasteiger partial charge >= 0.3 is 6.03 Å². The van der Waals surface area contributed by atoms with Crippen molar-refractivity contribution < 1.29 is 19.4 Å². The Hall–Kier alpha value is -2.61. The van der Waals surface area contributed by atoms with Gasteiger partial charge < -0.3 is 30.1 Å². The third-order valence-corrected chi connectivity index (χ3v) is 7.49. The van der Waals surface area contributed by atoms with Crippen molar-refractivity contribution in [3.63, 3.8) is 0 Å². The molecule has 0 aromatic heterocycles. The highest BCUT2D eigenvalue weighted by Gasteiger charge is 2.43. The van der Waals surface area contributed by atoms with Crippen LogP contribution in [-0.2, 0) is 10.3 Å². The maximum absolute atomic E-state index is 13.1. The number of hydrogen-bond acceptors (Lipinski definition) is 5. The van der Waals surface area contributed by atoms with Crippen LogP contribution < -0.4 is 15.4 Å². The van der Waals surface area contributed by atoms with Gasteiger partial charge in [0.1, 0.15) is 11.5 Å². The van der Waals surface area contributed by atoms with Crippen molar-refractivity contribution in [2.45, 2.75) is 56.6 Å². The van der Waals surface area contributed by atoms with Crippen LogP contribution in [0.25, 0.3) is 0 Å². The summed E-state index contributed by atoms with van der Waals surface area (Å²) in [5.74, 6) is 1.30. The zero-order valence-electron chi connectivity index (χ0n) is 21.5.